The second-order valence-electron chi connectivity index (χ2n) is 9.12. The number of hydrogen-bond acceptors (Lipinski definition) is 1. The fourth-order valence-electron chi connectivity index (χ4n) is 5.52. The van der Waals surface area contributed by atoms with Crippen LogP contribution >= 0.6 is 0 Å². The topological polar surface area (TPSA) is 12.9 Å². The van der Waals surface area contributed by atoms with Crippen molar-refractivity contribution in [1.82, 2.24) is 4.98 Å². The third kappa shape index (κ3) is 3.29. The van der Waals surface area contributed by atoms with E-state index in [1.807, 2.05) is 12.3 Å². The summed E-state index contributed by atoms with van der Waals surface area (Å²) >= 11 is 0. The van der Waals surface area contributed by atoms with E-state index in [-0.39, 0.29) is 5.82 Å². The molecule has 1 fully saturated rings. The monoisotopic (exact) mass is 397 g/mol. The Balaban J connectivity index is 1.82. The lowest BCUT2D eigenvalue weighted by atomic mass is 9.82. The number of aromatic nitrogens is 1. The average molecular weight is 398 g/mol. The van der Waals surface area contributed by atoms with Crippen LogP contribution in [0.2, 0.25) is 0 Å². The molecule has 1 aliphatic carbocycles. The van der Waals surface area contributed by atoms with Gasteiger partial charge in [-0.25, -0.2) is 4.39 Å². The third-order valence-corrected chi connectivity index (χ3v) is 6.95. The predicted molar refractivity (Wildman–Crippen MR) is 124 cm³/mol. The van der Waals surface area contributed by atoms with Crippen molar-refractivity contribution < 1.29 is 4.39 Å². The van der Waals surface area contributed by atoms with Gasteiger partial charge in [0.25, 0.3) is 0 Å². The van der Waals surface area contributed by atoms with E-state index in [1.54, 1.807) is 12.1 Å². The lowest BCUT2D eigenvalue weighted by Gasteiger charge is -2.23. The second-order valence-corrected chi connectivity index (χ2v) is 9.12. The number of nitrogens with zero attached hydrogens (tertiary/aromatic N) is 1. The Hall–Kier alpha value is -2.74. The number of hydrogen-bond donors (Lipinski definition) is 0. The van der Waals surface area contributed by atoms with Crippen molar-refractivity contribution in [2.24, 2.45) is 5.92 Å². The summed E-state index contributed by atoms with van der Waals surface area (Å²) in [7, 11) is 0. The van der Waals surface area contributed by atoms with Gasteiger partial charge < -0.3 is 0 Å². The van der Waals surface area contributed by atoms with Crippen LogP contribution in [-0.4, -0.2) is 4.98 Å². The SMILES string of the molecule is Cc1cc(C)cc(-c2nccc3cc(C(C)C4CCCC4)c4ccc(F)cc4c23)c1. The number of fused-ring (bicyclic) bond motifs is 3. The molecular weight excluding hydrogens is 369 g/mol. The fraction of sp³-hybridized carbons (Fsp3) is 0.321. The number of halogens is 1. The third-order valence-electron chi connectivity index (χ3n) is 6.95. The van der Waals surface area contributed by atoms with Crippen LogP contribution < -0.4 is 0 Å². The van der Waals surface area contributed by atoms with E-state index in [9.17, 15) is 4.39 Å². The molecule has 4 aromatic rings. The normalized spacial score (nSPS) is 15.9. The summed E-state index contributed by atoms with van der Waals surface area (Å²) in [6, 6.07) is 16.2. The molecule has 0 radical (unpaired) electrons. The number of rotatable bonds is 3. The Morgan fingerprint density at radius 3 is 2.37 bits per heavy atom. The Bertz CT molecular complexity index is 1230. The predicted octanol–water partition coefficient (Wildman–Crippen LogP) is 8.10. The minimum absolute atomic E-state index is 0.190. The maximum Gasteiger partial charge on any atom is 0.123 e. The molecule has 1 atom stereocenters. The molecule has 2 heteroatoms. The lowest BCUT2D eigenvalue weighted by Crippen LogP contribution is -2.07. The maximum absolute atomic E-state index is 14.4. The zero-order chi connectivity index (χ0) is 20.8. The number of aryl methyl sites for hydroxylation is 2. The van der Waals surface area contributed by atoms with Gasteiger partial charge in [-0.15, -0.1) is 0 Å². The van der Waals surface area contributed by atoms with E-state index in [0.717, 1.165) is 33.3 Å². The molecule has 0 N–H and O–H groups in total. The van der Waals surface area contributed by atoms with Gasteiger partial charge in [-0.1, -0.05) is 49.1 Å². The first-order valence-corrected chi connectivity index (χ1v) is 11.1. The Kier molecular flexibility index (Phi) is 4.81. The standard InChI is InChI=1S/C28H28FN/c1-17-12-18(2)14-22(13-17)28-27-21(10-11-30-28)15-25(19(3)20-6-4-5-7-20)24-9-8-23(29)16-26(24)27/h8-16,19-20H,4-7H2,1-3H3. The molecule has 5 rings (SSSR count). The summed E-state index contributed by atoms with van der Waals surface area (Å²) in [5.74, 6) is 1.00. The summed E-state index contributed by atoms with van der Waals surface area (Å²) in [5, 5.41) is 4.35. The van der Waals surface area contributed by atoms with Gasteiger partial charge in [0, 0.05) is 17.1 Å². The number of benzene rings is 3. The Morgan fingerprint density at radius 2 is 1.63 bits per heavy atom. The van der Waals surface area contributed by atoms with Gasteiger partial charge in [-0.05, 0) is 90.6 Å². The van der Waals surface area contributed by atoms with E-state index in [2.05, 4.69) is 51.1 Å². The van der Waals surface area contributed by atoms with Crippen molar-refractivity contribution >= 4 is 21.5 Å². The molecule has 1 aromatic heterocycles. The summed E-state index contributed by atoms with van der Waals surface area (Å²) in [6.45, 7) is 6.58. The largest absolute Gasteiger partial charge is 0.256 e. The van der Waals surface area contributed by atoms with Crippen LogP contribution in [0, 0.1) is 25.6 Å². The Morgan fingerprint density at radius 1 is 0.900 bits per heavy atom. The number of pyridine rings is 1. The zero-order valence-electron chi connectivity index (χ0n) is 18.0. The maximum atomic E-state index is 14.4. The van der Waals surface area contributed by atoms with Crippen molar-refractivity contribution in [2.75, 3.05) is 0 Å². The highest BCUT2D eigenvalue weighted by Crippen LogP contribution is 2.43. The molecule has 0 amide bonds. The molecule has 1 heterocycles. The van der Waals surface area contributed by atoms with Gasteiger partial charge >= 0.3 is 0 Å². The van der Waals surface area contributed by atoms with Crippen LogP contribution in [0.5, 0.6) is 0 Å². The van der Waals surface area contributed by atoms with Gasteiger partial charge in [-0.2, -0.15) is 0 Å². The van der Waals surface area contributed by atoms with Crippen molar-refractivity contribution in [3.05, 3.63) is 77.2 Å². The van der Waals surface area contributed by atoms with E-state index in [4.69, 9.17) is 4.98 Å². The van der Waals surface area contributed by atoms with Crippen molar-refractivity contribution in [2.45, 2.75) is 52.4 Å². The summed E-state index contributed by atoms with van der Waals surface area (Å²) < 4.78 is 14.4. The van der Waals surface area contributed by atoms with E-state index in [0.29, 0.717) is 5.92 Å². The highest BCUT2D eigenvalue weighted by molar-refractivity contribution is 6.14. The molecule has 0 saturated heterocycles. The van der Waals surface area contributed by atoms with Crippen LogP contribution in [0.25, 0.3) is 32.8 Å². The van der Waals surface area contributed by atoms with Gasteiger partial charge in [-0.3, -0.25) is 4.98 Å². The first-order chi connectivity index (χ1) is 14.5. The molecule has 0 aliphatic heterocycles. The molecule has 0 spiro atoms. The molecular formula is C28H28FN. The highest BCUT2D eigenvalue weighted by atomic mass is 19.1. The van der Waals surface area contributed by atoms with E-state index in [1.165, 1.54) is 47.8 Å². The fourth-order valence-corrected chi connectivity index (χ4v) is 5.52. The van der Waals surface area contributed by atoms with Crippen LogP contribution in [0.1, 0.15) is 55.2 Å². The van der Waals surface area contributed by atoms with Crippen LogP contribution in [0.3, 0.4) is 0 Å². The molecule has 1 unspecified atom stereocenters. The van der Waals surface area contributed by atoms with Gasteiger partial charge in [0.15, 0.2) is 0 Å². The lowest BCUT2D eigenvalue weighted by molar-refractivity contribution is 0.463. The van der Waals surface area contributed by atoms with Crippen molar-refractivity contribution in [3.63, 3.8) is 0 Å². The van der Waals surface area contributed by atoms with Crippen molar-refractivity contribution in [3.8, 4) is 11.3 Å². The zero-order valence-corrected chi connectivity index (χ0v) is 18.0. The first-order valence-electron chi connectivity index (χ1n) is 11.1. The molecule has 1 nitrogen and oxygen atoms in total. The summed E-state index contributed by atoms with van der Waals surface area (Å²) in [4.78, 5) is 4.77. The van der Waals surface area contributed by atoms with Crippen LogP contribution in [-0.2, 0) is 0 Å². The van der Waals surface area contributed by atoms with Gasteiger partial charge in [0.2, 0.25) is 0 Å². The molecule has 1 saturated carbocycles. The van der Waals surface area contributed by atoms with E-state index < -0.39 is 0 Å². The highest BCUT2D eigenvalue weighted by Gasteiger charge is 2.25. The smallest absolute Gasteiger partial charge is 0.123 e. The second kappa shape index (κ2) is 7.50. The molecule has 0 bridgehead atoms. The minimum Gasteiger partial charge on any atom is -0.256 e. The Labute approximate surface area is 178 Å². The van der Waals surface area contributed by atoms with Crippen molar-refractivity contribution in [1.29, 1.82) is 0 Å². The molecule has 3 aromatic carbocycles. The van der Waals surface area contributed by atoms with Crippen LogP contribution in [0.15, 0.2) is 54.7 Å². The quantitative estimate of drug-likeness (QED) is 0.318. The van der Waals surface area contributed by atoms with Crippen LogP contribution in [0.4, 0.5) is 4.39 Å². The van der Waals surface area contributed by atoms with Gasteiger partial charge in [0.05, 0.1) is 5.69 Å². The molecule has 152 valence electrons. The van der Waals surface area contributed by atoms with Gasteiger partial charge in [0.1, 0.15) is 5.82 Å². The molecule has 30 heavy (non-hydrogen) atoms. The first kappa shape index (κ1) is 19.2. The van der Waals surface area contributed by atoms with E-state index >= 15 is 0 Å². The minimum atomic E-state index is -0.190. The molecule has 1 aliphatic rings. The average Bonchev–Trinajstić information content (AvgIpc) is 3.26. The summed E-state index contributed by atoms with van der Waals surface area (Å²) in [5.41, 5.74) is 5.81. The summed E-state index contributed by atoms with van der Waals surface area (Å²) in [6.07, 6.45) is 7.15.